The van der Waals surface area contributed by atoms with Gasteiger partial charge in [-0.2, -0.15) is 0 Å². The maximum absolute atomic E-state index is 11.4. The van der Waals surface area contributed by atoms with Crippen LogP contribution in [-0.4, -0.2) is 17.2 Å². The van der Waals surface area contributed by atoms with Gasteiger partial charge in [0.1, 0.15) is 6.10 Å². The number of hydrogen-bond acceptors (Lipinski definition) is 3. The highest BCUT2D eigenvalue weighted by atomic mass is 16.5. The number of aliphatic hydroxyl groups excluding tert-OH is 1. The molecule has 2 atom stereocenters. The van der Waals surface area contributed by atoms with Gasteiger partial charge < -0.3 is 9.84 Å². The van der Waals surface area contributed by atoms with E-state index < -0.39 is 0 Å². The van der Waals surface area contributed by atoms with Crippen LogP contribution in [0, 0.1) is 0 Å². The number of rotatable bonds is 3. The summed E-state index contributed by atoms with van der Waals surface area (Å²) in [6.45, 7) is 1.74. The fraction of sp³-hybridized carbons (Fsp3) is 0.417. The van der Waals surface area contributed by atoms with E-state index in [0.29, 0.717) is 18.4 Å². The largest absolute Gasteiger partial charge is 0.454 e. The van der Waals surface area contributed by atoms with E-state index in [1.165, 1.54) is 0 Å². The summed E-state index contributed by atoms with van der Waals surface area (Å²) in [6.07, 6.45) is 0.798. The second kappa shape index (κ2) is 4.03. The molecule has 0 fully saturated rings. The summed E-state index contributed by atoms with van der Waals surface area (Å²) in [5.41, 5.74) is 1.61. The molecule has 1 heterocycles. The van der Waals surface area contributed by atoms with E-state index in [-0.39, 0.29) is 18.2 Å². The SMILES string of the molecule is CC(O)CC[C@H]1OC(=O)c2ccccc21. The first-order valence-electron chi connectivity index (χ1n) is 5.16. The van der Waals surface area contributed by atoms with E-state index in [2.05, 4.69) is 0 Å². The average Bonchev–Trinajstić information content (AvgIpc) is 2.54. The molecule has 0 amide bonds. The lowest BCUT2D eigenvalue weighted by Crippen LogP contribution is -2.05. The Morgan fingerprint density at radius 3 is 2.93 bits per heavy atom. The van der Waals surface area contributed by atoms with Gasteiger partial charge in [0.15, 0.2) is 0 Å². The highest BCUT2D eigenvalue weighted by molar-refractivity contribution is 5.93. The molecular weight excluding hydrogens is 192 g/mol. The summed E-state index contributed by atoms with van der Waals surface area (Å²) in [5.74, 6) is -0.249. The van der Waals surface area contributed by atoms with E-state index in [4.69, 9.17) is 4.74 Å². The van der Waals surface area contributed by atoms with E-state index in [1.54, 1.807) is 13.0 Å². The predicted octanol–water partition coefficient (Wildman–Crippen LogP) is 2.06. The number of aliphatic hydroxyl groups is 1. The van der Waals surface area contributed by atoms with Crippen molar-refractivity contribution >= 4 is 5.97 Å². The Morgan fingerprint density at radius 1 is 1.47 bits per heavy atom. The van der Waals surface area contributed by atoms with E-state index in [1.807, 2.05) is 18.2 Å². The van der Waals surface area contributed by atoms with Gasteiger partial charge in [0.2, 0.25) is 0 Å². The maximum atomic E-state index is 11.4. The molecule has 1 N–H and O–H groups in total. The molecule has 1 aliphatic heterocycles. The normalized spacial score (nSPS) is 20.9. The number of carbonyl (C=O) groups is 1. The van der Waals surface area contributed by atoms with E-state index in [9.17, 15) is 9.90 Å². The Bertz CT molecular complexity index is 371. The Labute approximate surface area is 88.7 Å². The van der Waals surface area contributed by atoms with Gasteiger partial charge in [-0.1, -0.05) is 18.2 Å². The average molecular weight is 206 g/mol. The van der Waals surface area contributed by atoms with Gasteiger partial charge in [-0.05, 0) is 25.8 Å². The van der Waals surface area contributed by atoms with Gasteiger partial charge >= 0.3 is 5.97 Å². The highest BCUT2D eigenvalue weighted by Crippen LogP contribution is 2.33. The molecular formula is C12H14O3. The van der Waals surface area contributed by atoms with Crippen LogP contribution in [0.1, 0.15) is 41.8 Å². The summed E-state index contributed by atoms with van der Waals surface area (Å²) < 4.78 is 5.23. The smallest absolute Gasteiger partial charge is 0.339 e. The molecule has 80 valence electrons. The first kappa shape index (κ1) is 10.2. The molecule has 0 radical (unpaired) electrons. The molecule has 0 saturated heterocycles. The zero-order valence-electron chi connectivity index (χ0n) is 8.64. The molecule has 2 rings (SSSR count). The third-order valence-electron chi connectivity index (χ3n) is 2.62. The molecule has 0 bridgehead atoms. The maximum Gasteiger partial charge on any atom is 0.339 e. The van der Waals surface area contributed by atoms with Crippen LogP contribution in [0.15, 0.2) is 24.3 Å². The van der Waals surface area contributed by atoms with Crippen molar-refractivity contribution in [1.29, 1.82) is 0 Å². The lowest BCUT2D eigenvalue weighted by molar-refractivity contribution is 0.0333. The summed E-state index contributed by atoms with van der Waals surface area (Å²) in [7, 11) is 0. The molecule has 0 aliphatic carbocycles. The van der Waals surface area contributed by atoms with Crippen LogP contribution in [-0.2, 0) is 4.74 Å². The second-order valence-corrected chi connectivity index (χ2v) is 3.91. The Balaban J connectivity index is 2.14. The summed E-state index contributed by atoms with van der Waals surface area (Å²) in [5, 5.41) is 9.19. The molecule has 0 spiro atoms. The molecule has 15 heavy (non-hydrogen) atoms. The summed E-state index contributed by atoms with van der Waals surface area (Å²) in [4.78, 5) is 11.4. The standard InChI is InChI=1S/C12H14O3/c1-8(13)6-7-11-9-4-2-3-5-10(9)12(14)15-11/h2-5,8,11,13H,6-7H2,1H3/t8?,11-/m1/s1. The molecule has 1 aromatic carbocycles. The lowest BCUT2D eigenvalue weighted by atomic mass is 10.0. The summed E-state index contributed by atoms with van der Waals surface area (Å²) >= 11 is 0. The fourth-order valence-electron chi connectivity index (χ4n) is 1.83. The summed E-state index contributed by atoms with van der Waals surface area (Å²) in [6, 6.07) is 7.42. The van der Waals surface area contributed by atoms with Gasteiger partial charge in [-0.15, -0.1) is 0 Å². The number of cyclic esters (lactones) is 1. The monoisotopic (exact) mass is 206 g/mol. The van der Waals surface area contributed by atoms with Crippen LogP contribution < -0.4 is 0 Å². The Kier molecular flexibility index (Phi) is 2.73. The highest BCUT2D eigenvalue weighted by Gasteiger charge is 2.30. The Hall–Kier alpha value is -1.35. The van der Waals surface area contributed by atoms with Crippen molar-refractivity contribution in [3.05, 3.63) is 35.4 Å². The van der Waals surface area contributed by atoms with E-state index in [0.717, 1.165) is 5.56 Å². The number of ether oxygens (including phenoxy) is 1. The zero-order valence-corrected chi connectivity index (χ0v) is 8.64. The molecule has 0 aromatic heterocycles. The third kappa shape index (κ3) is 2.02. The van der Waals surface area contributed by atoms with Crippen LogP contribution in [0.25, 0.3) is 0 Å². The van der Waals surface area contributed by atoms with Crippen LogP contribution in [0.5, 0.6) is 0 Å². The zero-order chi connectivity index (χ0) is 10.8. The van der Waals surface area contributed by atoms with Gasteiger partial charge in [0.25, 0.3) is 0 Å². The second-order valence-electron chi connectivity index (χ2n) is 3.91. The number of benzene rings is 1. The quantitative estimate of drug-likeness (QED) is 0.770. The van der Waals surface area contributed by atoms with Crippen molar-refractivity contribution in [3.8, 4) is 0 Å². The van der Waals surface area contributed by atoms with Crippen molar-refractivity contribution < 1.29 is 14.6 Å². The molecule has 1 unspecified atom stereocenters. The van der Waals surface area contributed by atoms with Crippen LogP contribution in [0.4, 0.5) is 0 Å². The lowest BCUT2D eigenvalue weighted by Gasteiger charge is -2.11. The number of fused-ring (bicyclic) bond motifs is 1. The van der Waals surface area contributed by atoms with Gasteiger partial charge in [-0.3, -0.25) is 0 Å². The van der Waals surface area contributed by atoms with Crippen molar-refractivity contribution in [3.63, 3.8) is 0 Å². The topological polar surface area (TPSA) is 46.5 Å². The molecule has 3 heteroatoms. The minimum atomic E-state index is -0.350. The first-order chi connectivity index (χ1) is 7.18. The van der Waals surface area contributed by atoms with Crippen molar-refractivity contribution in [2.75, 3.05) is 0 Å². The van der Waals surface area contributed by atoms with Crippen molar-refractivity contribution in [2.45, 2.75) is 32.0 Å². The van der Waals surface area contributed by atoms with Crippen LogP contribution >= 0.6 is 0 Å². The fourth-order valence-corrected chi connectivity index (χ4v) is 1.83. The van der Waals surface area contributed by atoms with E-state index >= 15 is 0 Å². The predicted molar refractivity (Wildman–Crippen MR) is 55.5 cm³/mol. The molecule has 3 nitrogen and oxygen atoms in total. The van der Waals surface area contributed by atoms with Crippen LogP contribution in [0.2, 0.25) is 0 Å². The number of carbonyl (C=O) groups excluding carboxylic acids is 1. The van der Waals surface area contributed by atoms with Gasteiger partial charge in [-0.25, -0.2) is 4.79 Å². The first-order valence-corrected chi connectivity index (χ1v) is 5.16. The number of hydrogen-bond donors (Lipinski definition) is 1. The molecule has 1 aliphatic rings. The van der Waals surface area contributed by atoms with Gasteiger partial charge in [0.05, 0.1) is 11.7 Å². The van der Waals surface area contributed by atoms with Crippen molar-refractivity contribution in [2.24, 2.45) is 0 Å². The molecule has 0 saturated carbocycles. The van der Waals surface area contributed by atoms with Crippen molar-refractivity contribution in [1.82, 2.24) is 0 Å². The Morgan fingerprint density at radius 2 is 2.20 bits per heavy atom. The molecule has 1 aromatic rings. The van der Waals surface area contributed by atoms with Crippen LogP contribution in [0.3, 0.4) is 0 Å². The minimum absolute atomic E-state index is 0.178. The van der Waals surface area contributed by atoms with Gasteiger partial charge in [0, 0.05) is 5.56 Å². The number of esters is 1. The third-order valence-corrected chi connectivity index (χ3v) is 2.62. The minimum Gasteiger partial charge on any atom is -0.454 e.